The summed E-state index contributed by atoms with van der Waals surface area (Å²) in [7, 11) is 1.86. The molecule has 1 N–H and O–H groups in total. The summed E-state index contributed by atoms with van der Waals surface area (Å²) in [5, 5.41) is 3.04. The van der Waals surface area contributed by atoms with Crippen molar-refractivity contribution in [1.82, 2.24) is 0 Å². The van der Waals surface area contributed by atoms with Crippen LogP contribution in [-0.4, -0.2) is 12.8 Å². The van der Waals surface area contributed by atoms with Crippen LogP contribution < -0.4 is 5.32 Å². The van der Waals surface area contributed by atoms with Crippen LogP contribution in [-0.2, 0) is 0 Å². The Morgan fingerprint density at radius 3 is 1.79 bits per heavy atom. The zero-order valence-corrected chi connectivity index (χ0v) is 11.6. The first-order chi connectivity index (χ1) is 9.11. The van der Waals surface area contributed by atoms with Crippen molar-refractivity contribution in [1.29, 1.82) is 0 Å². The zero-order valence-electron chi connectivity index (χ0n) is 11.6. The van der Waals surface area contributed by atoms with Gasteiger partial charge in [-0.05, 0) is 35.7 Å². The first kappa shape index (κ1) is 13.3. The molecule has 98 valence electrons. The topological polar surface area (TPSA) is 29.1 Å². The van der Waals surface area contributed by atoms with E-state index in [1.54, 1.807) is 0 Å². The minimum atomic E-state index is 0.0676. The zero-order chi connectivity index (χ0) is 13.8. The van der Waals surface area contributed by atoms with Crippen LogP contribution in [0, 0.1) is 0 Å². The van der Waals surface area contributed by atoms with Crippen molar-refractivity contribution < 1.29 is 4.79 Å². The molecule has 2 aromatic carbocycles. The largest absolute Gasteiger partial charge is 0.388 e. The van der Waals surface area contributed by atoms with E-state index in [2.05, 4.69) is 19.2 Å². The van der Waals surface area contributed by atoms with Gasteiger partial charge in [-0.3, -0.25) is 4.79 Å². The number of nitrogens with one attached hydrogen (secondary N) is 1. The summed E-state index contributed by atoms with van der Waals surface area (Å²) in [6.07, 6.45) is 0. The number of hydrogen-bond acceptors (Lipinski definition) is 2. The molecule has 2 nitrogen and oxygen atoms in total. The van der Waals surface area contributed by atoms with Crippen molar-refractivity contribution >= 4 is 11.5 Å². The van der Waals surface area contributed by atoms with Gasteiger partial charge in [-0.1, -0.05) is 38.1 Å². The quantitative estimate of drug-likeness (QED) is 0.832. The maximum Gasteiger partial charge on any atom is 0.193 e. The van der Waals surface area contributed by atoms with Gasteiger partial charge in [0, 0.05) is 23.9 Å². The summed E-state index contributed by atoms with van der Waals surface area (Å²) < 4.78 is 0. The molecule has 0 aliphatic heterocycles. The third-order valence-electron chi connectivity index (χ3n) is 3.28. The van der Waals surface area contributed by atoms with Gasteiger partial charge in [0.25, 0.3) is 0 Å². The lowest BCUT2D eigenvalue weighted by Crippen LogP contribution is -2.02. The van der Waals surface area contributed by atoms with E-state index in [1.807, 2.05) is 55.6 Å². The van der Waals surface area contributed by atoms with Gasteiger partial charge in [0.1, 0.15) is 0 Å². The normalized spacial score (nSPS) is 10.5. The molecule has 0 amide bonds. The van der Waals surface area contributed by atoms with E-state index < -0.39 is 0 Å². The van der Waals surface area contributed by atoms with Gasteiger partial charge in [-0.2, -0.15) is 0 Å². The third-order valence-corrected chi connectivity index (χ3v) is 3.28. The van der Waals surface area contributed by atoms with Crippen molar-refractivity contribution in [3.8, 4) is 0 Å². The summed E-state index contributed by atoms with van der Waals surface area (Å²) in [6.45, 7) is 4.29. The van der Waals surface area contributed by atoms with Gasteiger partial charge in [0.2, 0.25) is 0 Å². The van der Waals surface area contributed by atoms with Crippen molar-refractivity contribution in [2.45, 2.75) is 19.8 Å². The average Bonchev–Trinajstić information content (AvgIpc) is 2.46. The third kappa shape index (κ3) is 3.02. The van der Waals surface area contributed by atoms with Gasteiger partial charge in [-0.15, -0.1) is 0 Å². The first-order valence-corrected chi connectivity index (χ1v) is 6.54. The Bertz CT molecular complexity index is 553. The molecule has 2 heteroatoms. The lowest BCUT2D eigenvalue weighted by atomic mass is 9.98. The van der Waals surface area contributed by atoms with Crippen LogP contribution in [0.3, 0.4) is 0 Å². The molecule has 0 saturated heterocycles. The summed E-state index contributed by atoms with van der Waals surface area (Å²) >= 11 is 0. The molecule has 2 rings (SSSR count). The molecule has 0 fully saturated rings. The molecule has 2 aromatic rings. The molecule has 0 aliphatic carbocycles. The summed E-state index contributed by atoms with van der Waals surface area (Å²) in [5.41, 5.74) is 3.71. The highest BCUT2D eigenvalue weighted by molar-refractivity contribution is 6.09. The number of benzene rings is 2. The number of carbonyl (C=O) groups excluding carboxylic acids is 1. The molecule has 0 unspecified atom stereocenters. The molecular weight excluding hydrogens is 234 g/mol. The van der Waals surface area contributed by atoms with E-state index in [0.717, 1.165) is 16.8 Å². The highest BCUT2D eigenvalue weighted by Gasteiger charge is 2.09. The Morgan fingerprint density at radius 1 is 0.895 bits per heavy atom. The van der Waals surface area contributed by atoms with Gasteiger partial charge in [0.15, 0.2) is 5.78 Å². The van der Waals surface area contributed by atoms with Crippen LogP contribution in [0.2, 0.25) is 0 Å². The molecule has 0 aromatic heterocycles. The fourth-order valence-electron chi connectivity index (χ4n) is 1.97. The summed E-state index contributed by atoms with van der Waals surface area (Å²) in [6, 6.07) is 15.4. The summed E-state index contributed by atoms with van der Waals surface area (Å²) in [5.74, 6) is 0.553. The van der Waals surface area contributed by atoms with E-state index in [0.29, 0.717) is 5.92 Å². The maximum atomic E-state index is 12.3. The monoisotopic (exact) mass is 253 g/mol. The minimum absolute atomic E-state index is 0.0676. The highest BCUT2D eigenvalue weighted by Crippen LogP contribution is 2.17. The van der Waals surface area contributed by atoms with E-state index in [9.17, 15) is 4.79 Å². The van der Waals surface area contributed by atoms with Crippen LogP contribution in [0.4, 0.5) is 5.69 Å². The molecule has 0 saturated carbocycles. The van der Waals surface area contributed by atoms with Crippen LogP contribution in [0.1, 0.15) is 41.3 Å². The Morgan fingerprint density at radius 2 is 1.37 bits per heavy atom. The van der Waals surface area contributed by atoms with E-state index in [1.165, 1.54) is 5.56 Å². The second-order valence-electron chi connectivity index (χ2n) is 4.93. The smallest absolute Gasteiger partial charge is 0.193 e. The number of carbonyl (C=O) groups is 1. The predicted octanol–water partition coefficient (Wildman–Crippen LogP) is 4.08. The molecular formula is C17H19NO. The predicted molar refractivity (Wildman–Crippen MR) is 80.0 cm³/mol. The van der Waals surface area contributed by atoms with Gasteiger partial charge < -0.3 is 5.32 Å². The van der Waals surface area contributed by atoms with Gasteiger partial charge in [-0.25, -0.2) is 0 Å². The van der Waals surface area contributed by atoms with Gasteiger partial charge in [0.05, 0.1) is 0 Å². The minimum Gasteiger partial charge on any atom is -0.388 e. The van der Waals surface area contributed by atoms with Gasteiger partial charge >= 0.3 is 0 Å². The Kier molecular flexibility index (Phi) is 4.00. The molecule has 0 spiro atoms. The maximum absolute atomic E-state index is 12.3. The second-order valence-corrected chi connectivity index (χ2v) is 4.93. The van der Waals surface area contributed by atoms with Crippen molar-refractivity contribution in [2.75, 3.05) is 12.4 Å². The molecule has 19 heavy (non-hydrogen) atoms. The standard InChI is InChI=1S/C17H19NO/c1-12(2)13-4-6-14(7-5-13)17(19)15-8-10-16(18-3)11-9-15/h4-12,18H,1-3H3. The molecule has 0 atom stereocenters. The molecule has 0 heterocycles. The van der Waals surface area contributed by atoms with Crippen LogP contribution in [0.15, 0.2) is 48.5 Å². The average molecular weight is 253 g/mol. The van der Waals surface area contributed by atoms with Crippen molar-refractivity contribution in [2.24, 2.45) is 0 Å². The summed E-state index contributed by atoms with van der Waals surface area (Å²) in [4.78, 5) is 12.3. The number of anilines is 1. The van der Waals surface area contributed by atoms with Crippen LogP contribution >= 0.6 is 0 Å². The van der Waals surface area contributed by atoms with E-state index in [4.69, 9.17) is 0 Å². The lowest BCUT2D eigenvalue weighted by molar-refractivity contribution is 0.103. The number of hydrogen-bond donors (Lipinski definition) is 1. The molecule has 0 radical (unpaired) electrons. The number of rotatable bonds is 4. The second kappa shape index (κ2) is 5.70. The van der Waals surface area contributed by atoms with Crippen molar-refractivity contribution in [3.63, 3.8) is 0 Å². The van der Waals surface area contributed by atoms with Crippen LogP contribution in [0.5, 0.6) is 0 Å². The lowest BCUT2D eigenvalue weighted by Gasteiger charge is -2.07. The first-order valence-electron chi connectivity index (χ1n) is 6.54. The number of ketones is 1. The van der Waals surface area contributed by atoms with E-state index in [-0.39, 0.29) is 5.78 Å². The Labute approximate surface area is 114 Å². The Hall–Kier alpha value is -2.09. The van der Waals surface area contributed by atoms with E-state index >= 15 is 0 Å². The highest BCUT2D eigenvalue weighted by atomic mass is 16.1. The fraction of sp³-hybridized carbons (Fsp3) is 0.235. The fourth-order valence-corrected chi connectivity index (χ4v) is 1.97. The molecule has 0 bridgehead atoms. The van der Waals surface area contributed by atoms with Crippen LogP contribution in [0.25, 0.3) is 0 Å². The Balaban J connectivity index is 2.22. The van der Waals surface area contributed by atoms with Crippen molar-refractivity contribution in [3.05, 3.63) is 65.2 Å². The molecule has 0 aliphatic rings. The SMILES string of the molecule is CNc1ccc(C(=O)c2ccc(C(C)C)cc2)cc1.